The molecule has 0 bridgehead atoms. The maximum Gasteiger partial charge on any atom is 0.270 e. The second-order valence-corrected chi connectivity index (χ2v) is 6.52. The number of carbonyl (C=O) groups excluding carboxylic acids is 1. The number of nitro groups is 1. The van der Waals surface area contributed by atoms with E-state index in [1.54, 1.807) is 10.6 Å². The van der Waals surface area contributed by atoms with Crippen LogP contribution >= 0.6 is 0 Å². The van der Waals surface area contributed by atoms with Crippen molar-refractivity contribution in [2.75, 3.05) is 36.0 Å². The van der Waals surface area contributed by atoms with Crippen LogP contribution in [0.2, 0.25) is 0 Å². The van der Waals surface area contributed by atoms with E-state index in [1.807, 2.05) is 17.9 Å². The zero-order valence-corrected chi connectivity index (χ0v) is 15.1. The molecule has 0 spiro atoms. The van der Waals surface area contributed by atoms with E-state index in [4.69, 9.17) is 5.73 Å². The van der Waals surface area contributed by atoms with Gasteiger partial charge in [-0.15, -0.1) is 0 Å². The van der Waals surface area contributed by atoms with Crippen LogP contribution in [0.4, 0.5) is 17.2 Å². The maximum atomic E-state index is 11.8. The molecule has 2 N–H and O–H groups in total. The Labute approximate surface area is 159 Å². The van der Waals surface area contributed by atoms with Crippen LogP contribution in [0.15, 0.2) is 30.6 Å². The van der Waals surface area contributed by atoms with Crippen molar-refractivity contribution < 1.29 is 9.72 Å². The Balaban J connectivity index is 1.58. The number of fused-ring (bicyclic) bond motifs is 1. The van der Waals surface area contributed by atoms with Gasteiger partial charge in [0.1, 0.15) is 12.1 Å². The van der Waals surface area contributed by atoms with Gasteiger partial charge in [0.2, 0.25) is 0 Å². The first kappa shape index (κ1) is 17.6. The van der Waals surface area contributed by atoms with Gasteiger partial charge in [-0.2, -0.15) is 14.6 Å². The molecule has 11 nitrogen and oxygen atoms in total. The maximum absolute atomic E-state index is 11.8. The van der Waals surface area contributed by atoms with Crippen molar-refractivity contribution in [2.24, 2.45) is 5.73 Å². The number of amides is 1. The topological polar surface area (TPSA) is 136 Å². The average molecular weight is 382 g/mol. The molecule has 1 amide bonds. The summed E-state index contributed by atoms with van der Waals surface area (Å²) in [7, 11) is 0. The highest BCUT2D eigenvalue weighted by Crippen LogP contribution is 2.27. The Bertz CT molecular complexity index is 1070. The summed E-state index contributed by atoms with van der Waals surface area (Å²) in [6.07, 6.45) is 1.47. The largest absolute Gasteiger partial charge is 0.367 e. The van der Waals surface area contributed by atoms with E-state index in [-0.39, 0.29) is 11.3 Å². The van der Waals surface area contributed by atoms with Crippen LogP contribution in [0.5, 0.6) is 0 Å². The minimum Gasteiger partial charge on any atom is -0.367 e. The summed E-state index contributed by atoms with van der Waals surface area (Å²) in [5.41, 5.74) is 6.91. The summed E-state index contributed by atoms with van der Waals surface area (Å²) >= 11 is 0. The first-order chi connectivity index (χ1) is 13.4. The Morgan fingerprint density at radius 2 is 1.89 bits per heavy atom. The Morgan fingerprint density at radius 1 is 1.18 bits per heavy atom. The van der Waals surface area contributed by atoms with Gasteiger partial charge < -0.3 is 15.5 Å². The quantitative estimate of drug-likeness (QED) is 0.516. The molecular formula is C17H18N8O3. The molecule has 1 aliphatic heterocycles. The minimum absolute atomic E-state index is 0.154. The molecule has 3 aromatic rings. The average Bonchev–Trinajstić information content (AvgIpc) is 3.15. The molecule has 11 heteroatoms. The smallest absolute Gasteiger partial charge is 0.270 e. The van der Waals surface area contributed by atoms with E-state index in [1.165, 1.54) is 18.5 Å². The first-order valence-corrected chi connectivity index (χ1v) is 8.69. The summed E-state index contributed by atoms with van der Waals surface area (Å²) in [6, 6.07) is 6.16. The summed E-state index contributed by atoms with van der Waals surface area (Å²) in [4.78, 5) is 34.9. The lowest BCUT2D eigenvalue weighted by atomic mass is 10.1. The van der Waals surface area contributed by atoms with Crippen molar-refractivity contribution in [1.82, 2.24) is 19.6 Å². The lowest BCUT2D eigenvalue weighted by molar-refractivity contribution is -0.384. The highest BCUT2D eigenvalue weighted by Gasteiger charge is 2.24. The molecule has 4 rings (SSSR count). The highest BCUT2D eigenvalue weighted by atomic mass is 16.6. The van der Waals surface area contributed by atoms with E-state index in [2.05, 4.69) is 20.0 Å². The number of aryl methyl sites for hydroxylation is 1. The number of benzene rings is 1. The van der Waals surface area contributed by atoms with Gasteiger partial charge >= 0.3 is 0 Å². The van der Waals surface area contributed by atoms with Crippen molar-refractivity contribution in [1.29, 1.82) is 0 Å². The lowest BCUT2D eigenvalue weighted by Crippen LogP contribution is -2.47. The van der Waals surface area contributed by atoms with Gasteiger partial charge in [-0.05, 0) is 13.0 Å². The van der Waals surface area contributed by atoms with Crippen molar-refractivity contribution in [2.45, 2.75) is 6.92 Å². The van der Waals surface area contributed by atoms with Crippen molar-refractivity contribution in [3.63, 3.8) is 0 Å². The molecule has 1 aromatic carbocycles. The molecular weight excluding hydrogens is 364 g/mol. The van der Waals surface area contributed by atoms with Crippen molar-refractivity contribution in [3.8, 4) is 0 Å². The van der Waals surface area contributed by atoms with E-state index in [0.29, 0.717) is 37.6 Å². The molecule has 0 saturated carbocycles. The number of carbonyl (C=O) groups is 1. The van der Waals surface area contributed by atoms with Crippen LogP contribution in [0.3, 0.4) is 0 Å². The summed E-state index contributed by atoms with van der Waals surface area (Å²) in [5, 5.41) is 15.2. The lowest BCUT2D eigenvalue weighted by Gasteiger charge is -2.37. The molecule has 0 atom stereocenters. The number of primary amides is 1. The molecule has 2 aromatic heterocycles. The molecule has 144 valence electrons. The van der Waals surface area contributed by atoms with Gasteiger partial charge in [0.05, 0.1) is 16.2 Å². The second kappa shape index (κ2) is 6.76. The van der Waals surface area contributed by atoms with Crippen LogP contribution in [0.25, 0.3) is 5.78 Å². The fourth-order valence-electron chi connectivity index (χ4n) is 3.42. The SMILES string of the molecule is Cc1cc(N2CCN(c3ccc([N+](=O)[O-])cc3C(N)=O)CC2)n2ncnc2n1. The predicted molar refractivity (Wildman–Crippen MR) is 102 cm³/mol. The fraction of sp³-hybridized carbons (Fsp3) is 0.294. The Kier molecular flexibility index (Phi) is 4.26. The first-order valence-electron chi connectivity index (χ1n) is 8.69. The van der Waals surface area contributed by atoms with Gasteiger partial charge in [-0.3, -0.25) is 14.9 Å². The molecule has 0 radical (unpaired) electrons. The molecule has 28 heavy (non-hydrogen) atoms. The fourth-order valence-corrected chi connectivity index (χ4v) is 3.42. The van der Waals surface area contributed by atoms with Gasteiger partial charge in [-0.25, -0.2) is 4.98 Å². The number of aromatic nitrogens is 4. The Morgan fingerprint density at radius 3 is 2.57 bits per heavy atom. The number of hydrogen-bond donors (Lipinski definition) is 1. The summed E-state index contributed by atoms with van der Waals surface area (Å²) < 4.78 is 1.70. The number of nitrogens with two attached hydrogens (primary N) is 1. The van der Waals surface area contributed by atoms with E-state index in [0.717, 1.165) is 11.5 Å². The standard InChI is InChI=1S/C17H18N8O3/c1-11-8-15(24-17(21-11)19-10-20-24)23-6-4-22(5-7-23)14-3-2-12(25(27)28)9-13(14)16(18)26/h2-3,8-10H,4-7H2,1H3,(H2,18,26). The number of nitro benzene ring substituents is 1. The molecule has 1 aliphatic rings. The number of nitrogens with zero attached hydrogens (tertiary/aromatic N) is 7. The van der Waals surface area contributed by atoms with Gasteiger partial charge in [0.15, 0.2) is 0 Å². The predicted octanol–water partition coefficient (Wildman–Crippen LogP) is 0.766. The zero-order chi connectivity index (χ0) is 19.8. The highest BCUT2D eigenvalue weighted by molar-refractivity contribution is 5.99. The number of rotatable bonds is 4. The van der Waals surface area contributed by atoms with Crippen molar-refractivity contribution in [3.05, 3.63) is 52.0 Å². The second-order valence-electron chi connectivity index (χ2n) is 6.52. The number of anilines is 2. The van der Waals surface area contributed by atoms with Gasteiger partial charge in [0, 0.05) is 50.1 Å². The number of piperazine rings is 1. The minimum atomic E-state index is -0.685. The Hall–Kier alpha value is -3.76. The monoisotopic (exact) mass is 382 g/mol. The molecule has 3 heterocycles. The molecule has 0 unspecified atom stereocenters. The zero-order valence-electron chi connectivity index (χ0n) is 15.1. The third kappa shape index (κ3) is 3.06. The van der Waals surface area contributed by atoms with Gasteiger partial charge in [0.25, 0.3) is 17.4 Å². The van der Waals surface area contributed by atoms with Crippen molar-refractivity contribution >= 4 is 28.9 Å². The van der Waals surface area contributed by atoms with Gasteiger partial charge in [-0.1, -0.05) is 0 Å². The van der Waals surface area contributed by atoms with E-state index >= 15 is 0 Å². The normalized spacial score (nSPS) is 14.5. The number of non-ortho nitro benzene ring substituents is 1. The molecule has 1 saturated heterocycles. The van der Waals surface area contributed by atoms with Crippen LogP contribution in [-0.4, -0.2) is 56.6 Å². The van der Waals surface area contributed by atoms with E-state index in [9.17, 15) is 14.9 Å². The molecule has 1 fully saturated rings. The van der Waals surface area contributed by atoms with E-state index < -0.39 is 10.8 Å². The van der Waals surface area contributed by atoms with Crippen LogP contribution in [0.1, 0.15) is 16.1 Å². The van der Waals surface area contributed by atoms with Crippen LogP contribution in [-0.2, 0) is 0 Å². The molecule has 0 aliphatic carbocycles. The third-order valence-corrected chi connectivity index (χ3v) is 4.76. The third-order valence-electron chi connectivity index (χ3n) is 4.76. The summed E-state index contributed by atoms with van der Waals surface area (Å²) in [5.74, 6) is 0.762. The van der Waals surface area contributed by atoms with Crippen LogP contribution in [0, 0.1) is 17.0 Å². The summed E-state index contributed by atoms with van der Waals surface area (Å²) in [6.45, 7) is 4.50. The van der Waals surface area contributed by atoms with Crippen LogP contribution < -0.4 is 15.5 Å². The number of hydrogen-bond acceptors (Lipinski definition) is 8.